The lowest BCUT2D eigenvalue weighted by atomic mass is 9.80. The molecule has 8 atom stereocenters. The van der Waals surface area contributed by atoms with Gasteiger partial charge in [-0.2, -0.15) is 0 Å². The van der Waals surface area contributed by atoms with Gasteiger partial charge in [-0.3, -0.25) is 0 Å². The van der Waals surface area contributed by atoms with E-state index < -0.39 is 0 Å². The van der Waals surface area contributed by atoms with E-state index in [2.05, 4.69) is 128 Å². The minimum absolute atomic E-state index is 0.333. The molecule has 0 radical (unpaired) electrons. The van der Waals surface area contributed by atoms with Gasteiger partial charge in [0.15, 0.2) is 0 Å². The largest absolute Gasteiger partial charge is 0.386 e. The average molecular weight is 578 g/mol. The Hall–Kier alpha value is -2.16. The number of hydrogen-bond acceptors (Lipinski definition) is 3. The van der Waals surface area contributed by atoms with E-state index in [9.17, 15) is 0 Å². The van der Waals surface area contributed by atoms with E-state index in [0.29, 0.717) is 53.6 Å². The van der Waals surface area contributed by atoms with E-state index in [1.165, 1.54) is 41.9 Å². The molecule has 3 nitrogen and oxygen atoms in total. The summed E-state index contributed by atoms with van der Waals surface area (Å²) in [4.78, 5) is 5.23. The first-order chi connectivity index (χ1) is 19.9. The first-order valence-corrected chi connectivity index (χ1v) is 17.2. The molecule has 1 N–H and O–H groups in total. The molecule has 1 aliphatic rings. The average Bonchev–Trinajstić information content (AvgIpc) is 3.46. The summed E-state index contributed by atoms with van der Waals surface area (Å²) in [7, 11) is 2.29. The van der Waals surface area contributed by atoms with Crippen molar-refractivity contribution in [3.63, 3.8) is 0 Å². The van der Waals surface area contributed by atoms with Crippen molar-refractivity contribution in [3.05, 3.63) is 72.7 Å². The Morgan fingerprint density at radius 3 is 2.12 bits per heavy atom. The fourth-order valence-electron chi connectivity index (χ4n) is 7.60. The summed E-state index contributed by atoms with van der Waals surface area (Å²) >= 11 is 0. The SMILES string of the molecule is C=C(NC(C)C(C)c1ccccc1)C(C)C(CC)C1CCCN1C(=C)CC(CC)C(C(C)CC)N(C)C(=C)CC(C)C. The van der Waals surface area contributed by atoms with Crippen LogP contribution in [0.4, 0.5) is 0 Å². The van der Waals surface area contributed by atoms with Crippen LogP contribution in [0.25, 0.3) is 0 Å². The topological polar surface area (TPSA) is 18.5 Å². The van der Waals surface area contributed by atoms with Crippen LogP contribution in [0.3, 0.4) is 0 Å². The number of nitrogens with zero attached hydrogens (tertiary/aromatic N) is 2. The number of likely N-dealkylation sites (tertiary alicyclic amines) is 1. The van der Waals surface area contributed by atoms with Crippen LogP contribution in [0, 0.1) is 29.6 Å². The smallest absolute Gasteiger partial charge is 0.0340 e. The molecule has 0 spiro atoms. The van der Waals surface area contributed by atoms with E-state index >= 15 is 0 Å². The number of nitrogens with one attached hydrogen (secondary N) is 1. The third kappa shape index (κ3) is 9.42. The molecule has 42 heavy (non-hydrogen) atoms. The van der Waals surface area contributed by atoms with Gasteiger partial charge in [-0.15, -0.1) is 0 Å². The van der Waals surface area contributed by atoms with E-state index in [0.717, 1.165) is 32.2 Å². The van der Waals surface area contributed by atoms with Crippen LogP contribution >= 0.6 is 0 Å². The van der Waals surface area contributed by atoms with Crippen LogP contribution in [0.15, 0.2) is 67.2 Å². The van der Waals surface area contributed by atoms with E-state index in [1.54, 1.807) is 0 Å². The van der Waals surface area contributed by atoms with Crippen molar-refractivity contribution in [1.82, 2.24) is 15.1 Å². The van der Waals surface area contributed by atoms with Gasteiger partial charge >= 0.3 is 0 Å². The minimum atomic E-state index is 0.333. The summed E-state index contributed by atoms with van der Waals surface area (Å²) in [6.45, 7) is 36.1. The monoisotopic (exact) mass is 578 g/mol. The Morgan fingerprint density at radius 2 is 1.57 bits per heavy atom. The highest BCUT2D eigenvalue weighted by atomic mass is 15.2. The maximum atomic E-state index is 4.77. The molecule has 1 heterocycles. The van der Waals surface area contributed by atoms with E-state index in [-0.39, 0.29) is 0 Å². The summed E-state index contributed by atoms with van der Waals surface area (Å²) in [5.74, 6) is 3.19. The van der Waals surface area contributed by atoms with Gasteiger partial charge in [-0.05, 0) is 67.8 Å². The predicted molar refractivity (Wildman–Crippen MR) is 186 cm³/mol. The maximum Gasteiger partial charge on any atom is 0.0340 e. The van der Waals surface area contributed by atoms with Gasteiger partial charge in [0, 0.05) is 54.7 Å². The second-order valence-electron chi connectivity index (χ2n) is 14.0. The summed E-state index contributed by atoms with van der Waals surface area (Å²) in [5, 5.41) is 3.82. The molecule has 1 aliphatic heterocycles. The van der Waals surface area contributed by atoms with Crippen molar-refractivity contribution >= 4 is 0 Å². The van der Waals surface area contributed by atoms with Gasteiger partial charge in [0.1, 0.15) is 0 Å². The highest BCUT2D eigenvalue weighted by Crippen LogP contribution is 2.39. The van der Waals surface area contributed by atoms with Crippen molar-refractivity contribution < 1.29 is 0 Å². The Bertz CT molecular complexity index is 965. The number of allylic oxidation sites excluding steroid dienone is 3. The first-order valence-electron chi connectivity index (χ1n) is 17.2. The van der Waals surface area contributed by atoms with Crippen LogP contribution in [-0.4, -0.2) is 41.5 Å². The lowest BCUT2D eigenvalue weighted by molar-refractivity contribution is 0.127. The normalized spacial score (nSPS) is 20.4. The molecule has 1 aromatic rings. The Labute approximate surface area is 261 Å². The standard InChI is InChI=1S/C39H67N3/c1-14-28(6)39(41(13)29(7)25-27(4)5)35(15-2)26-30(8)42-24-20-23-38(42)37(16-3)32(10)34(12)40-33(11)31(9)36-21-18-17-19-22-36/h17-19,21-22,27-28,31-33,35,37-40H,7-8,12,14-16,20,23-26H2,1-6,9-11,13H3. The van der Waals surface area contributed by atoms with Gasteiger partial charge in [0.25, 0.3) is 0 Å². The Kier molecular flexibility index (Phi) is 14.8. The summed E-state index contributed by atoms with van der Waals surface area (Å²) < 4.78 is 0. The van der Waals surface area contributed by atoms with Gasteiger partial charge in [0.2, 0.25) is 0 Å². The van der Waals surface area contributed by atoms with Crippen LogP contribution in [0.5, 0.6) is 0 Å². The highest BCUT2D eigenvalue weighted by molar-refractivity contribution is 5.21. The van der Waals surface area contributed by atoms with Crippen LogP contribution in [0.2, 0.25) is 0 Å². The summed E-state index contributed by atoms with van der Waals surface area (Å²) in [6, 6.07) is 12.2. The molecule has 0 aromatic heterocycles. The molecule has 1 saturated heterocycles. The molecule has 1 fully saturated rings. The molecular weight excluding hydrogens is 510 g/mol. The Balaban J connectivity index is 2.15. The van der Waals surface area contributed by atoms with E-state index in [4.69, 9.17) is 6.58 Å². The zero-order valence-corrected chi connectivity index (χ0v) is 29.3. The fourth-order valence-corrected chi connectivity index (χ4v) is 7.60. The molecular formula is C39H67N3. The lowest BCUT2D eigenvalue weighted by Crippen LogP contribution is -2.44. The quantitative estimate of drug-likeness (QED) is 0.176. The predicted octanol–water partition coefficient (Wildman–Crippen LogP) is 10.2. The van der Waals surface area contributed by atoms with E-state index in [1.807, 2.05) is 0 Å². The van der Waals surface area contributed by atoms with Gasteiger partial charge in [-0.1, -0.05) is 125 Å². The third-order valence-corrected chi connectivity index (χ3v) is 10.7. The van der Waals surface area contributed by atoms with Crippen molar-refractivity contribution in [1.29, 1.82) is 0 Å². The zero-order chi connectivity index (χ0) is 31.6. The highest BCUT2D eigenvalue weighted by Gasteiger charge is 2.37. The second-order valence-corrected chi connectivity index (χ2v) is 14.0. The first kappa shape index (κ1) is 36.0. The second kappa shape index (κ2) is 17.2. The van der Waals surface area contributed by atoms with Crippen molar-refractivity contribution in [2.24, 2.45) is 29.6 Å². The maximum absolute atomic E-state index is 4.77. The third-order valence-electron chi connectivity index (χ3n) is 10.7. The van der Waals surface area contributed by atoms with Crippen molar-refractivity contribution in [2.45, 2.75) is 131 Å². The molecule has 1 aromatic carbocycles. The molecule has 238 valence electrons. The van der Waals surface area contributed by atoms with Crippen LogP contribution in [0.1, 0.15) is 119 Å². The van der Waals surface area contributed by atoms with Crippen molar-refractivity contribution in [2.75, 3.05) is 13.6 Å². The summed E-state index contributed by atoms with van der Waals surface area (Å²) in [5.41, 5.74) is 5.18. The number of benzene rings is 1. The lowest BCUT2D eigenvalue weighted by Gasteiger charge is -2.43. The van der Waals surface area contributed by atoms with Crippen molar-refractivity contribution in [3.8, 4) is 0 Å². The zero-order valence-electron chi connectivity index (χ0n) is 29.3. The molecule has 0 amide bonds. The van der Waals surface area contributed by atoms with Gasteiger partial charge < -0.3 is 15.1 Å². The van der Waals surface area contributed by atoms with Gasteiger partial charge in [0.05, 0.1) is 0 Å². The molecule has 3 heteroatoms. The number of rotatable bonds is 19. The molecule has 0 bridgehead atoms. The fraction of sp³-hybridized carbons (Fsp3) is 0.692. The van der Waals surface area contributed by atoms with Crippen LogP contribution < -0.4 is 5.32 Å². The number of hydrogen-bond donors (Lipinski definition) is 1. The summed E-state index contributed by atoms with van der Waals surface area (Å²) in [6.07, 6.45) is 8.14. The molecule has 2 rings (SSSR count). The molecule has 8 unspecified atom stereocenters. The molecule has 0 saturated carbocycles. The molecule has 0 aliphatic carbocycles. The van der Waals surface area contributed by atoms with Gasteiger partial charge in [-0.25, -0.2) is 0 Å². The van der Waals surface area contributed by atoms with Crippen LogP contribution in [-0.2, 0) is 0 Å². The Morgan fingerprint density at radius 1 is 0.929 bits per heavy atom. The minimum Gasteiger partial charge on any atom is -0.386 e.